The zero-order chi connectivity index (χ0) is 23.4. The van der Waals surface area contributed by atoms with E-state index in [1.165, 1.54) is 18.9 Å². The Morgan fingerprint density at radius 3 is 2.64 bits per heavy atom. The lowest BCUT2D eigenvalue weighted by Crippen LogP contribution is -2.18. The van der Waals surface area contributed by atoms with Crippen molar-refractivity contribution in [2.75, 3.05) is 13.2 Å². The Morgan fingerprint density at radius 2 is 1.88 bits per heavy atom. The number of aryl methyl sites for hydroxylation is 1. The minimum Gasteiger partial charge on any atom is -0.474 e. The van der Waals surface area contributed by atoms with Crippen molar-refractivity contribution in [3.05, 3.63) is 56.3 Å². The van der Waals surface area contributed by atoms with Crippen LogP contribution < -0.4 is 20.7 Å². The van der Waals surface area contributed by atoms with Crippen molar-refractivity contribution in [2.45, 2.75) is 44.7 Å². The lowest BCUT2D eigenvalue weighted by molar-refractivity contribution is -0.137. The van der Waals surface area contributed by atoms with Crippen LogP contribution in [-0.4, -0.2) is 28.2 Å². The molecule has 0 saturated heterocycles. The van der Waals surface area contributed by atoms with Crippen molar-refractivity contribution in [1.82, 2.24) is 15.0 Å². The van der Waals surface area contributed by atoms with Gasteiger partial charge in [-0.05, 0) is 30.4 Å². The summed E-state index contributed by atoms with van der Waals surface area (Å²) >= 11 is 0. The van der Waals surface area contributed by atoms with Crippen molar-refractivity contribution in [3.63, 3.8) is 0 Å². The highest BCUT2D eigenvalue weighted by Gasteiger charge is 2.31. The molecule has 33 heavy (non-hydrogen) atoms. The summed E-state index contributed by atoms with van der Waals surface area (Å²) in [4.78, 5) is 34.9. The number of fused-ring (bicyclic) bond motifs is 1. The van der Waals surface area contributed by atoms with E-state index in [1.54, 1.807) is 0 Å². The average Bonchev–Trinajstić information content (AvgIpc) is 3.28. The van der Waals surface area contributed by atoms with Gasteiger partial charge in [0, 0.05) is 18.3 Å². The molecule has 0 bridgehead atoms. The first-order valence-corrected chi connectivity index (χ1v) is 10.7. The molecular formula is C22H22F3N3O5. The van der Waals surface area contributed by atoms with Crippen LogP contribution in [0, 0.1) is 5.92 Å². The molecule has 0 atom stereocenters. The fraction of sp³-hybridized carbons (Fsp3) is 0.455. The molecule has 8 nitrogen and oxygen atoms in total. The quantitative estimate of drug-likeness (QED) is 0.503. The largest absolute Gasteiger partial charge is 0.474 e. The average molecular weight is 465 g/mol. The maximum absolute atomic E-state index is 12.7. The van der Waals surface area contributed by atoms with E-state index in [0.717, 1.165) is 37.6 Å². The minimum absolute atomic E-state index is 0.122. The fourth-order valence-corrected chi connectivity index (χ4v) is 4.00. The number of rotatable bonds is 8. The first-order chi connectivity index (χ1) is 15.8. The molecule has 3 aromatic heterocycles. The van der Waals surface area contributed by atoms with E-state index in [0.29, 0.717) is 17.9 Å². The van der Waals surface area contributed by atoms with E-state index in [4.69, 9.17) is 13.9 Å². The van der Waals surface area contributed by atoms with Crippen molar-refractivity contribution >= 4 is 11.1 Å². The van der Waals surface area contributed by atoms with Gasteiger partial charge in [0.1, 0.15) is 18.6 Å². The van der Waals surface area contributed by atoms with E-state index < -0.39 is 22.9 Å². The lowest BCUT2D eigenvalue weighted by Gasteiger charge is -2.11. The highest BCUT2D eigenvalue weighted by Crippen LogP contribution is 2.31. The molecule has 1 N–H and O–H groups in total. The predicted molar refractivity (Wildman–Crippen MR) is 111 cm³/mol. The third-order valence-electron chi connectivity index (χ3n) is 5.61. The number of hydrogen-bond acceptors (Lipinski definition) is 7. The monoisotopic (exact) mass is 465 g/mol. The number of pyridine rings is 1. The van der Waals surface area contributed by atoms with Gasteiger partial charge in [-0.25, -0.2) is 9.78 Å². The van der Waals surface area contributed by atoms with Gasteiger partial charge in [-0.15, -0.1) is 0 Å². The molecule has 176 valence electrons. The van der Waals surface area contributed by atoms with E-state index in [-0.39, 0.29) is 36.2 Å². The highest BCUT2D eigenvalue weighted by molar-refractivity contribution is 5.75. The number of ether oxygens (including phenoxy) is 2. The first-order valence-electron chi connectivity index (χ1n) is 10.7. The number of nitrogens with one attached hydrogen (secondary N) is 1. The van der Waals surface area contributed by atoms with Crippen LogP contribution in [0.25, 0.3) is 11.1 Å². The summed E-state index contributed by atoms with van der Waals surface area (Å²) in [7, 11) is 0. The molecule has 3 heterocycles. The standard InChI is InChI=1S/C22H22F3N3O5/c23-22(24,25)15-7-8-26-16(12-15)31-9-10-32-21-27-19(30)18-14(6-5-13-3-1-2-4-13)11-17(29)33-20(18)28-21/h7-8,11-13H,1-6,9-10H2,(H,27,28,30). The molecule has 3 aromatic rings. The van der Waals surface area contributed by atoms with E-state index in [1.807, 2.05) is 0 Å². The molecule has 0 aliphatic heterocycles. The number of nitrogens with zero attached hydrogens (tertiary/aromatic N) is 2. The SMILES string of the molecule is O=c1cc(CCC2CCCC2)c2c(=O)[nH]c(OCCOc3cc(C(F)(F)F)ccn3)nc2o1. The predicted octanol–water partition coefficient (Wildman–Crippen LogP) is 3.87. The Balaban J connectivity index is 1.41. The molecule has 1 saturated carbocycles. The van der Waals surface area contributed by atoms with Crippen LogP contribution in [0.15, 0.2) is 38.4 Å². The van der Waals surface area contributed by atoms with Gasteiger partial charge in [0.05, 0.1) is 5.56 Å². The summed E-state index contributed by atoms with van der Waals surface area (Å²) in [6.45, 7) is -0.292. The number of hydrogen-bond donors (Lipinski definition) is 1. The highest BCUT2D eigenvalue weighted by atomic mass is 19.4. The minimum atomic E-state index is -4.51. The van der Waals surface area contributed by atoms with Crippen molar-refractivity contribution < 1.29 is 27.1 Å². The van der Waals surface area contributed by atoms with Crippen LogP contribution in [0.3, 0.4) is 0 Å². The van der Waals surface area contributed by atoms with Crippen molar-refractivity contribution in [2.24, 2.45) is 5.92 Å². The molecule has 11 heteroatoms. The Hall–Kier alpha value is -3.37. The lowest BCUT2D eigenvalue weighted by atomic mass is 9.97. The van der Waals surface area contributed by atoms with Gasteiger partial charge < -0.3 is 13.9 Å². The summed E-state index contributed by atoms with van der Waals surface area (Å²) in [6, 6.07) is 2.75. The van der Waals surface area contributed by atoms with E-state index >= 15 is 0 Å². The van der Waals surface area contributed by atoms with Gasteiger partial charge in [0.25, 0.3) is 11.6 Å². The van der Waals surface area contributed by atoms with Crippen LogP contribution in [0.5, 0.6) is 11.9 Å². The fourth-order valence-electron chi connectivity index (χ4n) is 4.00. The number of halogens is 3. The maximum Gasteiger partial charge on any atom is 0.416 e. The Labute approximate surface area is 185 Å². The normalized spacial score (nSPS) is 14.6. The number of aromatic nitrogens is 3. The maximum atomic E-state index is 12.7. The molecular weight excluding hydrogens is 443 g/mol. The molecule has 4 rings (SSSR count). The Bertz CT molecular complexity index is 1230. The molecule has 1 aliphatic carbocycles. The van der Waals surface area contributed by atoms with Crippen LogP contribution in [0.4, 0.5) is 13.2 Å². The van der Waals surface area contributed by atoms with Crippen LogP contribution in [0.2, 0.25) is 0 Å². The molecule has 0 unspecified atom stereocenters. The summed E-state index contributed by atoms with van der Waals surface area (Å²) in [5.41, 5.74) is -1.52. The van der Waals surface area contributed by atoms with Crippen molar-refractivity contribution in [3.8, 4) is 11.9 Å². The Kier molecular flexibility index (Phi) is 6.66. The summed E-state index contributed by atoms with van der Waals surface area (Å²) in [6.07, 6.45) is 2.68. The molecule has 0 radical (unpaired) electrons. The van der Waals surface area contributed by atoms with Gasteiger partial charge in [-0.3, -0.25) is 9.78 Å². The van der Waals surface area contributed by atoms with E-state index in [2.05, 4.69) is 15.0 Å². The first kappa shape index (κ1) is 22.8. The number of aromatic amines is 1. The third kappa shape index (κ3) is 5.71. The second-order valence-electron chi connectivity index (χ2n) is 7.91. The van der Waals surface area contributed by atoms with Gasteiger partial charge >= 0.3 is 11.8 Å². The molecule has 0 amide bonds. The van der Waals surface area contributed by atoms with Crippen molar-refractivity contribution in [1.29, 1.82) is 0 Å². The van der Waals surface area contributed by atoms with Gasteiger partial charge in [0.2, 0.25) is 11.6 Å². The second kappa shape index (κ2) is 9.63. The smallest absolute Gasteiger partial charge is 0.416 e. The van der Waals surface area contributed by atoms with Crippen LogP contribution in [0.1, 0.15) is 43.2 Å². The molecule has 1 aliphatic rings. The zero-order valence-electron chi connectivity index (χ0n) is 17.6. The van der Waals surface area contributed by atoms with Gasteiger partial charge in [-0.2, -0.15) is 18.2 Å². The Morgan fingerprint density at radius 1 is 1.12 bits per heavy atom. The molecule has 0 spiro atoms. The number of H-pyrrole nitrogens is 1. The molecule has 1 fully saturated rings. The van der Waals surface area contributed by atoms with E-state index in [9.17, 15) is 22.8 Å². The topological polar surface area (TPSA) is 107 Å². The van der Waals surface area contributed by atoms with Gasteiger partial charge in [0.15, 0.2) is 0 Å². The summed E-state index contributed by atoms with van der Waals surface area (Å²) in [5.74, 6) is 0.375. The zero-order valence-corrected chi connectivity index (χ0v) is 17.6. The molecule has 0 aromatic carbocycles. The third-order valence-corrected chi connectivity index (χ3v) is 5.61. The van der Waals surface area contributed by atoms with Gasteiger partial charge in [-0.1, -0.05) is 25.7 Å². The summed E-state index contributed by atoms with van der Waals surface area (Å²) in [5, 5.41) is 0.212. The summed E-state index contributed by atoms with van der Waals surface area (Å²) < 4.78 is 53.8. The van der Waals surface area contributed by atoms with Crippen LogP contribution in [-0.2, 0) is 12.6 Å². The van der Waals surface area contributed by atoms with Crippen LogP contribution >= 0.6 is 0 Å². The number of alkyl halides is 3. The second-order valence-corrected chi connectivity index (χ2v) is 7.91.